The number of hydrogen-bond donors (Lipinski definition) is 2. The van der Waals surface area contributed by atoms with Crippen molar-refractivity contribution < 1.29 is 5.21 Å². The highest BCUT2D eigenvalue weighted by Gasteiger charge is 2.25. The third-order valence-electron chi connectivity index (χ3n) is 4.70. The van der Waals surface area contributed by atoms with Crippen LogP contribution in [0.5, 0.6) is 0 Å². The van der Waals surface area contributed by atoms with Gasteiger partial charge in [-0.15, -0.1) is 11.3 Å². The lowest BCUT2D eigenvalue weighted by atomic mass is 9.86. The molecule has 0 saturated heterocycles. The first-order valence-electron chi connectivity index (χ1n) is 7.74. The van der Waals surface area contributed by atoms with E-state index in [0.717, 1.165) is 32.4 Å². The molecular formula is C16H27N3OS. The standard InChI is InChI=1S/C16H27N3OS/c1-12-13-7-11-21-14(13)6-10-19(12)9-5-4-8-16(2,3)15(17)18-20/h7,11-12,20H,4-6,8-10H2,1-3H3,(H2,17,18). The van der Waals surface area contributed by atoms with E-state index in [9.17, 15) is 0 Å². The molecule has 0 bridgehead atoms. The Bertz CT molecular complexity index is 495. The summed E-state index contributed by atoms with van der Waals surface area (Å²) in [6, 6.07) is 2.82. The van der Waals surface area contributed by atoms with Gasteiger partial charge in [0.15, 0.2) is 0 Å². The van der Waals surface area contributed by atoms with E-state index in [4.69, 9.17) is 10.9 Å². The molecule has 0 saturated carbocycles. The Morgan fingerprint density at radius 1 is 1.52 bits per heavy atom. The molecule has 0 radical (unpaired) electrons. The minimum Gasteiger partial charge on any atom is -0.409 e. The number of nitrogens with zero attached hydrogens (tertiary/aromatic N) is 2. The van der Waals surface area contributed by atoms with E-state index in [0.29, 0.717) is 11.9 Å². The predicted octanol–water partition coefficient (Wildman–Crippen LogP) is 3.61. The molecular weight excluding hydrogens is 282 g/mol. The number of rotatable bonds is 6. The second-order valence-corrected chi connectivity index (χ2v) is 7.59. The molecule has 4 nitrogen and oxygen atoms in total. The van der Waals surface area contributed by atoms with Crippen LogP contribution in [-0.4, -0.2) is 29.0 Å². The Morgan fingerprint density at radius 3 is 3.00 bits per heavy atom. The van der Waals surface area contributed by atoms with Crippen molar-refractivity contribution in [1.29, 1.82) is 0 Å². The van der Waals surface area contributed by atoms with Gasteiger partial charge in [-0.3, -0.25) is 4.90 Å². The third kappa shape index (κ3) is 3.77. The smallest absolute Gasteiger partial charge is 0.144 e. The molecule has 0 fully saturated rings. The van der Waals surface area contributed by atoms with Crippen molar-refractivity contribution in [2.75, 3.05) is 13.1 Å². The lowest BCUT2D eigenvalue weighted by Crippen LogP contribution is -2.34. The van der Waals surface area contributed by atoms with Gasteiger partial charge in [0.1, 0.15) is 5.84 Å². The van der Waals surface area contributed by atoms with Crippen LogP contribution in [0.25, 0.3) is 0 Å². The number of nitrogens with two attached hydrogens (primary N) is 1. The van der Waals surface area contributed by atoms with Crippen LogP contribution in [-0.2, 0) is 6.42 Å². The summed E-state index contributed by atoms with van der Waals surface area (Å²) in [6.45, 7) is 8.67. The summed E-state index contributed by atoms with van der Waals surface area (Å²) in [4.78, 5) is 4.14. The van der Waals surface area contributed by atoms with Crippen LogP contribution < -0.4 is 5.73 Å². The maximum atomic E-state index is 8.79. The monoisotopic (exact) mass is 309 g/mol. The summed E-state index contributed by atoms with van der Waals surface area (Å²) < 4.78 is 0. The maximum Gasteiger partial charge on any atom is 0.144 e. The highest BCUT2D eigenvalue weighted by atomic mass is 32.1. The summed E-state index contributed by atoms with van der Waals surface area (Å²) in [6.07, 6.45) is 4.40. The lowest BCUT2D eigenvalue weighted by Gasteiger charge is -2.33. The van der Waals surface area contributed by atoms with Gasteiger partial charge < -0.3 is 10.9 Å². The highest BCUT2D eigenvalue weighted by Crippen LogP contribution is 2.33. The van der Waals surface area contributed by atoms with Crippen LogP contribution in [0, 0.1) is 5.41 Å². The molecule has 0 spiro atoms. The molecule has 0 aliphatic carbocycles. The lowest BCUT2D eigenvalue weighted by molar-refractivity contribution is 0.194. The fourth-order valence-electron chi connectivity index (χ4n) is 3.01. The van der Waals surface area contributed by atoms with Gasteiger partial charge in [-0.05, 0) is 49.7 Å². The Labute approximate surface area is 131 Å². The molecule has 2 rings (SSSR count). The predicted molar refractivity (Wildman–Crippen MR) is 89.1 cm³/mol. The molecule has 1 aliphatic rings. The van der Waals surface area contributed by atoms with Crippen LogP contribution in [0.3, 0.4) is 0 Å². The van der Waals surface area contributed by atoms with Gasteiger partial charge in [-0.2, -0.15) is 0 Å². The fourth-order valence-corrected chi connectivity index (χ4v) is 3.97. The van der Waals surface area contributed by atoms with Gasteiger partial charge in [0.25, 0.3) is 0 Å². The summed E-state index contributed by atoms with van der Waals surface area (Å²) >= 11 is 1.89. The van der Waals surface area contributed by atoms with E-state index in [1.54, 1.807) is 4.88 Å². The van der Waals surface area contributed by atoms with E-state index in [1.165, 1.54) is 12.0 Å². The van der Waals surface area contributed by atoms with E-state index >= 15 is 0 Å². The van der Waals surface area contributed by atoms with Gasteiger partial charge in [0, 0.05) is 22.9 Å². The topological polar surface area (TPSA) is 61.8 Å². The van der Waals surface area contributed by atoms with Crippen molar-refractivity contribution >= 4 is 17.2 Å². The van der Waals surface area contributed by atoms with E-state index in [1.807, 2.05) is 25.2 Å². The Balaban J connectivity index is 1.78. The molecule has 21 heavy (non-hydrogen) atoms. The largest absolute Gasteiger partial charge is 0.409 e. The quantitative estimate of drug-likeness (QED) is 0.277. The van der Waals surface area contributed by atoms with E-state index < -0.39 is 0 Å². The Kier molecular flexibility index (Phi) is 5.27. The number of thiophene rings is 1. The van der Waals surface area contributed by atoms with Crippen molar-refractivity contribution in [3.63, 3.8) is 0 Å². The Morgan fingerprint density at radius 2 is 2.29 bits per heavy atom. The molecule has 0 amide bonds. The molecule has 5 heteroatoms. The van der Waals surface area contributed by atoms with Crippen molar-refractivity contribution in [2.24, 2.45) is 16.3 Å². The molecule has 1 atom stereocenters. The molecule has 118 valence electrons. The first-order valence-corrected chi connectivity index (χ1v) is 8.62. The van der Waals surface area contributed by atoms with Crippen LogP contribution in [0.15, 0.2) is 16.6 Å². The minimum atomic E-state index is -0.219. The summed E-state index contributed by atoms with van der Waals surface area (Å²) in [7, 11) is 0. The van der Waals surface area contributed by atoms with Crippen molar-refractivity contribution in [3.8, 4) is 0 Å². The molecule has 0 aromatic carbocycles. The van der Waals surface area contributed by atoms with Gasteiger partial charge in [-0.25, -0.2) is 0 Å². The third-order valence-corrected chi connectivity index (χ3v) is 5.70. The van der Waals surface area contributed by atoms with Crippen molar-refractivity contribution in [3.05, 3.63) is 21.9 Å². The second kappa shape index (κ2) is 6.79. The van der Waals surface area contributed by atoms with Crippen LogP contribution in [0.2, 0.25) is 0 Å². The number of hydrogen-bond acceptors (Lipinski definition) is 4. The summed E-state index contributed by atoms with van der Waals surface area (Å²) in [5.74, 6) is 0.330. The number of fused-ring (bicyclic) bond motifs is 1. The average molecular weight is 309 g/mol. The van der Waals surface area contributed by atoms with E-state index in [2.05, 4.69) is 28.4 Å². The zero-order valence-corrected chi connectivity index (χ0v) is 14.1. The van der Waals surface area contributed by atoms with Crippen LogP contribution in [0.1, 0.15) is 56.5 Å². The number of oxime groups is 1. The Hall–Kier alpha value is -1.07. The SMILES string of the molecule is CC1c2ccsc2CCN1CCCCC(C)(C)/C(N)=N/O. The molecule has 2 heterocycles. The van der Waals surface area contributed by atoms with E-state index in [-0.39, 0.29) is 5.41 Å². The van der Waals surface area contributed by atoms with Crippen LogP contribution >= 0.6 is 11.3 Å². The number of unbranched alkanes of at least 4 members (excludes halogenated alkanes) is 1. The normalized spacial score (nSPS) is 20.5. The van der Waals surface area contributed by atoms with Gasteiger partial charge in [0.05, 0.1) is 0 Å². The summed E-state index contributed by atoms with van der Waals surface area (Å²) in [5.41, 5.74) is 7.03. The number of amidine groups is 1. The average Bonchev–Trinajstić information content (AvgIpc) is 2.94. The zero-order valence-electron chi connectivity index (χ0n) is 13.3. The van der Waals surface area contributed by atoms with Gasteiger partial charge in [0.2, 0.25) is 0 Å². The molecule has 1 unspecified atom stereocenters. The fraction of sp³-hybridized carbons (Fsp3) is 0.688. The molecule has 1 aliphatic heterocycles. The molecule has 1 aromatic rings. The highest BCUT2D eigenvalue weighted by molar-refractivity contribution is 7.10. The second-order valence-electron chi connectivity index (χ2n) is 6.59. The molecule has 1 aromatic heterocycles. The first kappa shape index (κ1) is 16.3. The minimum absolute atomic E-state index is 0.219. The first-order chi connectivity index (χ1) is 9.95. The zero-order chi connectivity index (χ0) is 15.5. The molecule has 3 N–H and O–H groups in total. The maximum absolute atomic E-state index is 8.79. The van der Waals surface area contributed by atoms with Crippen LogP contribution in [0.4, 0.5) is 0 Å². The van der Waals surface area contributed by atoms with Crippen molar-refractivity contribution in [1.82, 2.24) is 4.90 Å². The van der Waals surface area contributed by atoms with Gasteiger partial charge in [-0.1, -0.05) is 25.4 Å². The summed E-state index contributed by atoms with van der Waals surface area (Å²) in [5, 5.41) is 14.2. The van der Waals surface area contributed by atoms with Gasteiger partial charge >= 0.3 is 0 Å². The van der Waals surface area contributed by atoms with Crippen molar-refractivity contribution in [2.45, 2.75) is 52.5 Å².